The summed E-state index contributed by atoms with van der Waals surface area (Å²) in [7, 11) is 0. The molecule has 2 heterocycles. The molecular formula is C17H17N3O2. The molecule has 0 aliphatic carbocycles. The number of fused-ring (bicyclic) bond motifs is 1. The van der Waals surface area contributed by atoms with Crippen molar-refractivity contribution in [2.45, 2.75) is 19.9 Å². The van der Waals surface area contributed by atoms with E-state index in [0.717, 1.165) is 16.8 Å². The molecule has 0 atom stereocenters. The van der Waals surface area contributed by atoms with Gasteiger partial charge < -0.3 is 9.88 Å². The summed E-state index contributed by atoms with van der Waals surface area (Å²) in [6.45, 7) is 2.91. The van der Waals surface area contributed by atoms with Crippen LogP contribution in [-0.4, -0.2) is 27.3 Å². The van der Waals surface area contributed by atoms with E-state index >= 15 is 0 Å². The van der Waals surface area contributed by atoms with Gasteiger partial charge in [-0.05, 0) is 18.6 Å². The molecular weight excluding hydrogens is 278 g/mol. The van der Waals surface area contributed by atoms with Crippen LogP contribution in [0.2, 0.25) is 0 Å². The third-order valence-electron chi connectivity index (χ3n) is 3.78. The van der Waals surface area contributed by atoms with Crippen LogP contribution < -0.4 is 5.56 Å². The number of H-pyrrole nitrogens is 1. The second-order valence-electron chi connectivity index (χ2n) is 5.41. The van der Waals surface area contributed by atoms with Crippen LogP contribution >= 0.6 is 0 Å². The number of amides is 1. The summed E-state index contributed by atoms with van der Waals surface area (Å²) >= 11 is 0. The van der Waals surface area contributed by atoms with Crippen LogP contribution in [0.1, 0.15) is 22.4 Å². The SMILES string of the molecule is Cc1cccc(/C=C/C(=O)N2CCc3nc[nH]c(=O)c3C2)c1. The quantitative estimate of drug-likeness (QED) is 0.857. The van der Waals surface area contributed by atoms with Crippen molar-refractivity contribution in [3.8, 4) is 0 Å². The topological polar surface area (TPSA) is 66.1 Å². The highest BCUT2D eigenvalue weighted by Gasteiger charge is 2.22. The molecule has 1 aliphatic rings. The van der Waals surface area contributed by atoms with Gasteiger partial charge in [-0.1, -0.05) is 29.8 Å². The summed E-state index contributed by atoms with van der Waals surface area (Å²) in [6.07, 6.45) is 5.39. The monoisotopic (exact) mass is 295 g/mol. The Morgan fingerprint density at radius 1 is 1.41 bits per heavy atom. The third-order valence-corrected chi connectivity index (χ3v) is 3.78. The zero-order valence-corrected chi connectivity index (χ0v) is 12.4. The maximum atomic E-state index is 12.3. The fourth-order valence-corrected chi connectivity index (χ4v) is 2.59. The number of aromatic nitrogens is 2. The summed E-state index contributed by atoms with van der Waals surface area (Å²) in [6, 6.07) is 7.95. The molecule has 1 aromatic carbocycles. The van der Waals surface area contributed by atoms with Crippen LogP contribution in [0.3, 0.4) is 0 Å². The maximum Gasteiger partial charge on any atom is 0.255 e. The number of benzene rings is 1. The summed E-state index contributed by atoms with van der Waals surface area (Å²) < 4.78 is 0. The van der Waals surface area contributed by atoms with Gasteiger partial charge in [0.05, 0.1) is 24.1 Å². The van der Waals surface area contributed by atoms with Crippen LogP contribution in [0, 0.1) is 6.92 Å². The predicted octanol–water partition coefficient (Wildman–Crippen LogP) is 1.68. The van der Waals surface area contributed by atoms with Crippen molar-refractivity contribution in [1.29, 1.82) is 0 Å². The molecule has 0 saturated carbocycles. The molecule has 0 saturated heterocycles. The Bertz CT molecular complexity index is 792. The largest absolute Gasteiger partial charge is 0.334 e. The average molecular weight is 295 g/mol. The molecule has 3 rings (SSSR count). The molecule has 112 valence electrons. The molecule has 0 fully saturated rings. The molecule has 22 heavy (non-hydrogen) atoms. The number of carbonyl (C=O) groups excluding carboxylic acids is 1. The second kappa shape index (κ2) is 5.97. The molecule has 0 spiro atoms. The predicted molar refractivity (Wildman–Crippen MR) is 84.2 cm³/mol. The smallest absolute Gasteiger partial charge is 0.255 e. The second-order valence-corrected chi connectivity index (χ2v) is 5.41. The van der Waals surface area contributed by atoms with Gasteiger partial charge in [0.15, 0.2) is 0 Å². The maximum absolute atomic E-state index is 12.3. The molecule has 1 aromatic heterocycles. The van der Waals surface area contributed by atoms with E-state index in [1.165, 1.54) is 6.33 Å². The fraction of sp³-hybridized carbons (Fsp3) is 0.235. The van der Waals surface area contributed by atoms with Crippen molar-refractivity contribution in [3.63, 3.8) is 0 Å². The van der Waals surface area contributed by atoms with Crippen molar-refractivity contribution < 1.29 is 4.79 Å². The lowest BCUT2D eigenvalue weighted by atomic mass is 10.1. The number of hydrogen-bond donors (Lipinski definition) is 1. The van der Waals surface area contributed by atoms with Gasteiger partial charge in [0, 0.05) is 19.0 Å². The van der Waals surface area contributed by atoms with Crippen LogP contribution in [0.4, 0.5) is 0 Å². The highest BCUT2D eigenvalue weighted by atomic mass is 16.2. The van der Waals surface area contributed by atoms with Gasteiger partial charge >= 0.3 is 0 Å². The summed E-state index contributed by atoms with van der Waals surface area (Å²) in [5.41, 5.74) is 3.36. The number of nitrogens with zero attached hydrogens (tertiary/aromatic N) is 2. The minimum absolute atomic E-state index is 0.0876. The van der Waals surface area contributed by atoms with Gasteiger partial charge in [0.25, 0.3) is 5.56 Å². The Labute approximate surface area is 128 Å². The van der Waals surface area contributed by atoms with Crippen LogP contribution in [0.5, 0.6) is 0 Å². The Kier molecular flexibility index (Phi) is 3.87. The standard InChI is InChI=1S/C17H17N3O2/c1-12-3-2-4-13(9-12)5-6-16(21)20-8-7-15-14(10-20)17(22)19-11-18-15/h2-6,9,11H,7-8,10H2,1H3,(H,18,19,22)/b6-5+. The number of carbonyl (C=O) groups is 1. The fourth-order valence-electron chi connectivity index (χ4n) is 2.59. The summed E-state index contributed by atoms with van der Waals surface area (Å²) in [4.78, 5) is 32.5. The zero-order valence-electron chi connectivity index (χ0n) is 12.4. The van der Waals surface area contributed by atoms with E-state index in [-0.39, 0.29) is 11.5 Å². The Hall–Kier alpha value is -2.69. The lowest BCUT2D eigenvalue weighted by molar-refractivity contribution is -0.126. The van der Waals surface area contributed by atoms with Crippen LogP contribution in [-0.2, 0) is 17.8 Å². The van der Waals surface area contributed by atoms with Gasteiger partial charge in [-0.15, -0.1) is 0 Å². The molecule has 5 nitrogen and oxygen atoms in total. The van der Waals surface area contributed by atoms with Crippen molar-refractivity contribution in [3.05, 3.63) is 69.4 Å². The van der Waals surface area contributed by atoms with Crippen molar-refractivity contribution in [1.82, 2.24) is 14.9 Å². The first-order chi connectivity index (χ1) is 10.6. The summed E-state index contributed by atoms with van der Waals surface area (Å²) in [5.74, 6) is -0.0876. The zero-order chi connectivity index (χ0) is 15.5. The number of hydrogen-bond acceptors (Lipinski definition) is 3. The van der Waals surface area contributed by atoms with Crippen LogP contribution in [0.15, 0.2) is 41.5 Å². The third kappa shape index (κ3) is 2.98. The number of nitrogens with one attached hydrogen (secondary N) is 1. The molecule has 2 aromatic rings. The van der Waals surface area contributed by atoms with E-state index in [0.29, 0.717) is 25.1 Å². The van der Waals surface area contributed by atoms with E-state index in [4.69, 9.17) is 0 Å². The van der Waals surface area contributed by atoms with Crippen molar-refractivity contribution in [2.75, 3.05) is 6.54 Å². The Morgan fingerprint density at radius 2 is 2.27 bits per heavy atom. The van der Waals surface area contributed by atoms with Gasteiger partial charge in [-0.25, -0.2) is 4.98 Å². The van der Waals surface area contributed by atoms with E-state index in [2.05, 4.69) is 9.97 Å². The van der Waals surface area contributed by atoms with Crippen molar-refractivity contribution in [2.24, 2.45) is 0 Å². The lowest BCUT2D eigenvalue weighted by Gasteiger charge is -2.26. The van der Waals surface area contributed by atoms with Crippen molar-refractivity contribution >= 4 is 12.0 Å². The minimum Gasteiger partial charge on any atom is -0.334 e. The molecule has 1 aliphatic heterocycles. The van der Waals surface area contributed by atoms with Gasteiger partial charge in [-0.2, -0.15) is 0 Å². The first kappa shape index (κ1) is 14.3. The van der Waals surface area contributed by atoms with E-state index in [1.807, 2.05) is 31.2 Å². The van der Waals surface area contributed by atoms with E-state index in [9.17, 15) is 9.59 Å². The van der Waals surface area contributed by atoms with Crippen LogP contribution in [0.25, 0.3) is 6.08 Å². The number of aromatic amines is 1. The van der Waals surface area contributed by atoms with Gasteiger partial charge in [0.2, 0.25) is 5.91 Å². The van der Waals surface area contributed by atoms with Gasteiger partial charge in [-0.3, -0.25) is 9.59 Å². The van der Waals surface area contributed by atoms with E-state index in [1.54, 1.807) is 17.1 Å². The highest BCUT2D eigenvalue weighted by molar-refractivity contribution is 5.91. The Balaban J connectivity index is 1.74. The average Bonchev–Trinajstić information content (AvgIpc) is 2.53. The minimum atomic E-state index is -0.162. The molecule has 0 unspecified atom stereocenters. The van der Waals surface area contributed by atoms with Gasteiger partial charge in [0.1, 0.15) is 0 Å². The summed E-state index contributed by atoms with van der Waals surface area (Å²) in [5, 5.41) is 0. The molecule has 0 radical (unpaired) electrons. The molecule has 1 N–H and O–H groups in total. The molecule has 5 heteroatoms. The number of aryl methyl sites for hydroxylation is 1. The normalized spacial score (nSPS) is 14.1. The van der Waals surface area contributed by atoms with E-state index < -0.39 is 0 Å². The number of rotatable bonds is 2. The first-order valence-electron chi connectivity index (χ1n) is 7.22. The molecule has 1 amide bonds. The lowest BCUT2D eigenvalue weighted by Crippen LogP contribution is -2.38. The molecule has 0 bridgehead atoms. The highest BCUT2D eigenvalue weighted by Crippen LogP contribution is 2.14. The first-order valence-corrected chi connectivity index (χ1v) is 7.22. The Morgan fingerprint density at radius 3 is 3.09 bits per heavy atom.